The highest BCUT2D eigenvalue weighted by atomic mass is 79.9. The molecule has 2 aromatic rings. The fourth-order valence-corrected chi connectivity index (χ4v) is 2.56. The maximum absolute atomic E-state index is 12.1. The van der Waals surface area contributed by atoms with Gasteiger partial charge in [0.05, 0.1) is 13.0 Å². The summed E-state index contributed by atoms with van der Waals surface area (Å²) in [6, 6.07) is 17.3. The van der Waals surface area contributed by atoms with Crippen molar-refractivity contribution in [1.82, 2.24) is 10.2 Å². The summed E-state index contributed by atoms with van der Waals surface area (Å²) in [6.07, 6.45) is 0.247. The van der Waals surface area contributed by atoms with Crippen molar-refractivity contribution in [2.75, 3.05) is 13.6 Å². The predicted molar refractivity (Wildman–Crippen MR) is 93.8 cm³/mol. The van der Waals surface area contributed by atoms with E-state index in [0.29, 0.717) is 6.54 Å². The van der Waals surface area contributed by atoms with Crippen LogP contribution in [0.5, 0.6) is 0 Å². The molecule has 2 rings (SSSR count). The minimum absolute atomic E-state index is 0.00657. The van der Waals surface area contributed by atoms with Crippen LogP contribution in [0.2, 0.25) is 0 Å². The maximum atomic E-state index is 12.1. The third kappa shape index (κ3) is 5.53. The van der Waals surface area contributed by atoms with E-state index in [-0.39, 0.29) is 24.8 Å². The van der Waals surface area contributed by atoms with E-state index >= 15 is 0 Å². The summed E-state index contributed by atoms with van der Waals surface area (Å²) in [6.45, 7) is 0.534. The number of carbonyl (C=O) groups is 2. The minimum Gasteiger partial charge on any atom is -0.347 e. The summed E-state index contributed by atoms with van der Waals surface area (Å²) < 4.78 is 0.891. The quantitative estimate of drug-likeness (QED) is 0.844. The van der Waals surface area contributed by atoms with Crippen LogP contribution < -0.4 is 5.32 Å². The smallest absolute Gasteiger partial charge is 0.242 e. The van der Waals surface area contributed by atoms with E-state index in [4.69, 9.17) is 0 Å². The van der Waals surface area contributed by atoms with Gasteiger partial charge >= 0.3 is 0 Å². The molecule has 1 N–H and O–H groups in total. The molecular formula is C18H19BrN2O2. The highest BCUT2D eigenvalue weighted by Crippen LogP contribution is 2.16. The van der Waals surface area contributed by atoms with Gasteiger partial charge in [-0.05, 0) is 17.2 Å². The van der Waals surface area contributed by atoms with Crippen LogP contribution in [0.15, 0.2) is 59.1 Å². The van der Waals surface area contributed by atoms with E-state index < -0.39 is 0 Å². The Labute approximate surface area is 144 Å². The van der Waals surface area contributed by atoms with Gasteiger partial charge in [0.25, 0.3) is 0 Å². The lowest BCUT2D eigenvalue weighted by Crippen LogP contribution is -2.38. The lowest BCUT2D eigenvalue weighted by atomic mass is 10.1. The van der Waals surface area contributed by atoms with E-state index in [1.807, 2.05) is 54.6 Å². The van der Waals surface area contributed by atoms with Crippen LogP contribution in [0.1, 0.15) is 11.1 Å². The average Bonchev–Trinajstić information content (AvgIpc) is 2.55. The molecule has 2 amide bonds. The maximum Gasteiger partial charge on any atom is 0.242 e. The van der Waals surface area contributed by atoms with Gasteiger partial charge in [-0.25, -0.2) is 0 Å². The number of carbonyl (C=O) groups excluding carboxylic acids is 2. The number of hydrogen-bond acceptors (Lipinski definition) is 2. The van der Waals surface area contributed by atoms with E-state index in [1.54, 1.807) is 11.9 Å². The van der Waals surface area contributed by atoms with Crippen LogP contribution in [0.25, 0.3) is 0 Å². The number of hydrogen-bond donors (Lipinski definition) is 1. The van der Waals surface area contributed by atoms with Crippen molar-refractivity contribution in [3.05, 3.63) is 70.2 Å². The number of nitrogens with zero attached hydrogens (tertiary/aromatic N) is 1. The van der Waals surface area contributed by atoms with Crippen LogP contribution in [-0.4, -0.2) is 30.3 Å². The van der Waals surface area contributed by atoms with Crippen molar-refractivity contribution in [1.29, 1.82) is 0 Å². The van der Waals surface area contributed by atoms with Crippen molar-refractivity contribution < 1.29 is 9.59 Å². The van der Waals surface area contributed by atoms with Crippen molar-refractivity contribution in [3.63, 3.8) is 0 Å². The number of halogens is 1. The van der Waals surface area contributed by atoms with Crippen LogP contribution >= 0.6 is 15.9 Å². The largest absolute Gasteiger partial charge is 0.347 e. The van der Waals surface area contributed by atoms with Crippen LogP contribution in [0.3, 0.4) is 0 Å². The zero-order chi connectivity index (χ0) is 16.7. The third-order valence-electron chi connectivity index (χ3n) is 3.43. The van der Waals surface area contributed by atoms with Gasteiger partial charge in [0.1, 0.15) is 0 Å². The molecule has 0 spiro atoms. The summed E-state index contributed by atoms with van der Waals surface area (Å²) >= 11 is 3.41. The molecular weight excluding hydrogens is 356 g/mol. The van der Waals surface area contributed by atoms with Crippen molar-refractivity contribution >= 4 is 27.7 Å². The lowest BCUT2D eigenvalue weighted by molar-refractivity contribution is -0.132. The fraction of sp³-hybridized carbons (Fsp3) is 0.222. The Balaban J connectivity index is 1.79. The first kappa shape index (κ1) is 17.2. The first-order chi connectivity index (χ1) is 11.1. The topological polar surface area (TPSA) is 49.4 Å². The molecule has 5 heteroatoms. The molecule has 2 aromatic carbocycles. The fourth-order valence-electron chi connectivity index (χ4n) is 2.13. The van der Waals surface area contributed by atoms with Gasteiger partial charge < -0.3 is 10.2 Å². The molecule has 0 aliphatic carbocycles. The van der Waals surface area contributed by atoms with Crippen molar-refractivity contribution in [2.24, 2.45) is 0 Å². The first-order valence-electron chi connectivity index (χ1n) is 7.34. The van der Waals surface area contributed by atoms with Gasteiger partial charge in [-0.1, -0.05) is 64.5 Å². The number of nitrogens with one attached hydrogen (secondary N) is 1. The summed E-state index contributed by atoms with van der Waals surface area (Å²) in [5.41, 5.74) is 1.96. The van der Waals surface area contributed by atoms with E-state index in [2.05, 4.69) is 21.2 Å². The van der Waals surface area contributed by atoms with Crippen molar-refractivity contribution in [3.8, 4) is 0 Å². The van der Waals surface area contributed by atoms with Gasteiger partial charge in [0.2, 0.25) is 11.8 Å². The molecule has 120 valence electrons. The molecule has 0 saturated heterocycles. The Morgan fingerprint density at radius 3 is 2.39 bits per heavy atom. The zero-order valence-electron chi connectivity index (χ0n) is 13.0. The average molecular weight is 375 g/mol. The summed E-state index contributed by atoms with van der Waals surface area (Å²) in [7, 11) is 1.73. The minimum atomic E-state index is -0.168. The third-order valence-corrected chi connectivity index (χ3v) is 4.21. The highest BCUT2D eigenvalue weighted by Gasteiger charge is 2.12. The molecule has 0 aliphatic heterocycles. The number of likely N-dealkylation sites (N-methyl/N-ethyl adjacent to an activating group) is 1. The van der Waals surface area contributed by atoms with Crippen LogP contribution in [-0.2, 0) is 22.6 Å². The molecule has 0 bridgehead atoms. The monoisotopic (exact) mass is 374 g/mol. The van der Waals surface area contributed by atoms with E-state index in [1.165, 1.54) is 0 Å². The standard InChI is InChI=1S/C18H19BrN2O2/c1-21(13-14-7-3-2-4-8-14)18(23)12-20-17(22)11-15-9-5-6-10-16(15)19/h2-10H,11-13H2,1H3,(H,20,22). The second-order valence-corrected chi connectivity index (χ2v) is 6.13. The lowest BCUT2D eigenvalue weighted by Gasteiger charge is -2.17. The summed E-state index contributed by atoms with van der Waals surface area (Å²) in [5.74, 6) is -0.285. The first-order valence-corrected chi connectivity index (χ1v) is 8.13. The molecule has 0 atom stereocenters. The highest BCUT2D eigenvalue weighted by molar-refractivity contribution is 9.10. The molecule has 0 saturated carbocycles. The van der Waals surface area contributed by atoms with E-state index in [0.717, 1.165) is 15.6 Å². The van der Waals surface area contributed by atoms with Gasteiger partial charge in [0.15, 0.2) is 0 Å². The normalized spacial score (nSPS) is 10.2. The number of benzene rings is 2. The summed E-state index contributed by atoms with van der Waals surface area (Å²) in [4.78, 5) is 25.6. The second-order valence-electron chi connectivity index (χ2n) is 5.28. The SMILES string of the molecule is CN(Cc1ccccc1)C(=O)CNC(=O)Cc1ccccc1Br. The van der Waals surface area contributed by atoms with Gasteiger partial charge in [-0.2, -0.15) is 0 Å². The molecule has 0 aromatic heterocycles. The number of amides is 2. The molecule has 0 heterocycles. The molecule has 0 aliphatic rings. The van der Waals surface area contributed by atoms with Gasteiger partial charge in [0, 0.05) is 18.1 Å². The van der Waals surface area contributed by atoms with Gasteiger partial charge in [-0.3, -0.25) is 9.59 Å². The van der Waals surface area contributed by atoms with Gasteiger partial charge in [-0.15, -0.1) is 0 Å². The zero-order valence-corrected chi connectivity index (χ0v) is 14.5. The van der Waals surface area contributed by atoms with Crippen LogP contribution in [0, 0.1) is 0 Å². The Bertz CT molecular complexity index is 674. The van der Waals surface area contributed by atoms with Crippen molar-refractivity contribution in [2.45, 2.75) is 13.0 Å². The molecule has 0 unspecified atom stereocenters. The predicted octanol–water partition coefficient (Wildman–Crippen LogP) is 2.77. The van der Waals surface area contributed by atoms with Crippen LogP contribution in [0.4, 0.5) is 0 Å². The molecule has 23 heavy (non-hydrogen) atoms. The second kappa shape index (κ2) is 8.48. The number of rotatable bonds is 6. The molecule has 0 radical (unpaired) electrons. The molecule has 4 nitrogen and oxygen atoms in total. The Kier molecular flexibility index (Phi) is 6.35. The molecule has 0 fully saturated rings. The van der Waals surface area contributed by atoms with E-state index in [9.17, 15) is 9.59 Å². The Morgan fingerprint density at radius 2 is 1.70 bits per heavy atom. The summed E-state index contributed by atoms with van der Waals surface area (Å²) in [5, 5.41) is 2.67. The Morgan fingerprint density at radius 1 is 1.04 bits per heavy atom. The Hall–Kier alpha value is -2.14.